The molecule has 0 aliphatic heterocycles. The van der Waals surface area contributed by atoms with Crippen molar-refractivity contribution in [1.82, 2.24) is 5.32 Å². The first-order valence-corrected chi connectivity index (χ1v) is 8.49. The van der Waals surface area contributed by atoms with Crippen LogP contribution in [0.5, 0.6) is 0 Å². The van der Waals surface area contributed by atoms with Crippen LogP contribution < -0.4 is 10.6 Å². The lowest BCUT2D eigenvalue weighted by Crippen LogP contribution is -2.40. The summed E-state index contributed by atoms with van der Waals surface area (Å²) in [5, 5.41) is 17.4. The van der Waals surface area contributed by atoms with E-state index in [-0.39, 0.29) is 0 Å². The van der Waals surface area contributed by atoms with E-state index in [2.05, 4.69) is 10.6 Å². The number of aliphatic hydroxyl groups excluding tert-OH is 1. The number of rotatable bonds is 2. The molecule has 0 saturated carbocycles. The number of nitrogens with one attached hydrogen (secondary N) is 2. The zero-order chi connectivity index (χ0) is 18.1. The summed E-state index contributed by atoms with van der Waals surface area (Å²) < 4.78 is 0. The summed E-state index contributed by atoms with van der Waals surface area (Å²) in [6.07, 6.45) is -0.270. The highest BCUT2D eigenvalue weighted by Gasteiger charge is 2.33. The van der Waals surface area contributed by atoms with Gasteiger partial charge in [-0.2, -0.15) is 0 Å². The van der Waals surface area contributed by atoms with Crippen molar-refractivity contribution < 1.29 is 14.7 Å². The summed E-state index contributed by atoms with van der Waals surface area (Å²) >= 11 is 0. The minimum Gasteiger partial charge on any atom is -0.390 e. The first-order chi connectivity index (χ1) is 12.6. The van der Waals surface area contributed by atoms with Crippen LogP contribution in [-0.4, -0.2) is 23.0 Å². The average molecular weight is 346 g/mol. The second-order valence-corrected chi connectivity index (χ2v) is 6.40. The molecule has 3 aromatic rings. The van der Waals surface area contributed by atoms with Crippen molar-refractivity contribution in [2.75, 3.05) is 5.32 Å². The number of anilines is 1. The topological polar surface area (TPSA) is 78.4 Å². The van der Waals surface area contributed by atoms with Gasteiger partial charge in [0.25, 0.3) is 0 Å². The Hall–Kier alpha value is -3.18. The third kappa shape index (κ3) is 2.93. The summed E-state index contributed by atoms with van der Waals surface area (Å²) in [4.78, 5) is 24.7. The number of carbonyl (C=O) groups is 2. The maximum absolute atomic E-state index is 12.4. The minimum atomic E-state index is -0.765. The summed E-state index contributed by atoms with van der Waals surface area (Å²) in [5.74, 6) is -1.52. The van der Waals surface area contributed by atoms with Crippen LogP contribution in [0.15, 0.2) is 66.7 Å². The summed E-state index contributed by atoms with van der Waals surface area (Å²) in [6.45, 7) is 0. The molecule has 0 unspecified atom stereocenters. The lowest BCUT2D eigenvalue weighted by atomic mass is 10.1. The van der Waals surface area contributed by atoms with E-state index in [0.29, 0.717) is 12.1 Å². The zero-order valence-corrected chi connectivity index (χ0v) is 14.0. The van der Waals surface area contributed by atoms with Crippen molar-refractivity contribution in [3.8, 4) is 0 Å². The van der Waals surface area contributed by atoms with Crippen molar-refractivity contribution in [3.05, 3.63) is 77.9 Å². The fourth-order valence-electron chi connectivity index (χ4n) is 3.47. The molecule has 2 amide bonds. The van der Waals surface area contributed by atoms with Gasteiger partial charge in [0.15, 0.2) is 0 Å². The predicted molar refractivity (Wildman–Crippen MR) is 99.6 cm³/mol. The molecule has 0 spiro atoms. The molecule has 1 aliphatic rings. The molecule has 0 saturated heterocycles. The zero-order valence-electron chi connectivity index (χ0n) is 14.0. The van der Waals surface area contributed by atoms with Gasteiger partial charge in [-0.05, 0) is 22.6 Å². The fraction of sp³-hybridized carbons (Fsp3) is 0.143. The molecule has 130 valence electrons. The van der Waals surface area contributed by atoms with Crippen molar-refractivity contribution in [3.63, 3.8) is 0 Å². The molecule has 26 heavy (non-hydrogen) atoms. The van der Waals surface area contributed by atoms with E-state index >= 15 is 0 Å². The van der Waals surface area contributed by atoms with E-state index < -0.39 is 24.0 Å². The number of carbonyl (C=O) groups excluding carboxylic acids is 2. The predicted octanol–water partition coefficient (Wildman–Crippen LogP) is 2.55. The van der Waals surface area contributed by atoms with Gasteiger partial charge in [0, 0.05) is 17.5 Å². The number of hydrogen-bond donors (Lipinski definition) is 3. The number of benzene rings is 3. The minimum absolute atomic E-state index is 0.464. The molecule has 2 atom stereocenters. The Balaban J connectivity index is 1.51. The van der Waals surface area contributed by atoms with Crippen LogP contribution in [0.4, 0.5) is 5.69 Å². The molecule has 4 rings (SSSR count). The second kappa shape index (κ2) is 6.61. The lowest BCUT2D eigenvalue weighted by molar-refractivity contribution is -0.137. The van der Waals surface area contributed by atoms with Gasteiger partial charge in [0.05, 0.1) is 12.1 Å². The molecule has 0 bridgehead atoms. The SMILES string of the molecule is O=C(Nc1cccc2ccccc12)C(=O)N[C@H]1c2ccccc2C[C@H]1O. The molecule has 0 radical (unpaired) electrons. The Morgan fingerprint density at radius 1 is 0.885 bits per heavy atom. The highest BCUT2D eigenvalue weighted by Crippen LogP contribution is 2.31. The summed E-state index contributed by atoms with van der Waals surface area (Å²) in [5.41, 5.74) is 2.42. The molecule has 0 aromatic heterocycles. The third-order valence-corrected chi connectivity index (χ3v) is 4.73. The smallest absolute Gasteiger partial charge is 0.313 e. The van der Waals surface area contributed by atoms with Crippen LogP contribution >= 0.6 is 0 Å². The number of aliphatic hydroxyl groups is 1. The maximum Gasteiger partial charge on any atom is 0.313 e. The largest absolute Gasteiger partial charge is 0.390 e. The first-order valence-electron chi connectivity index (χ1n) is 8.49. The van der Waals surface area contributed by atoms with E-state index in [0.717, 1.165) is 21.9 Å². The molecule has 3 N–H and O–H groups in total. The van der Waals surface area contributed by atoms with Gasteiger partial charge in [0.2, 0.25) is 0 Å². The normalized spacial score (nSPS) is 18.3. The van der Waals surface area contributed by atoms with E-state index in [1.54, 1.807) is 6.07 Å². The van der Waals surface area contributed by atoms with Crippen LogP contribution in [0.1, 0.15) is 17.2 Å². The van der Waals surface area contributed by atoms with Gasteiger partial charge in [-0.1, -0.05) is 60.7 Å². The average Bonchev–Trinajstić information content (AvgIpc) is 2.97. The molecule has 5 heteroatoms. The van der Waals surface area contributed by atoms with E-state index in [1.807, 2.05) is 60.7 Å². The van der Waals surface area contributed by atoms with Gasteiger partial charge >= 0.3 is 11.8 Å². The van der Waals surface area contributed by atoms with Crippen LogP contribution in [0.2, 0.25) is 0 Å². The van der Waals surface area contributed by atoms with Crippen LogP contribution in [0, 0.1) is 0 Å². The monoisotopic (exact) mass is 346 g/mol. The Morgan fingerprint density at radius 3 is 2.50 bits per heavy atom. The Labute approximate surface area is 150 Å². The Morgan fingerprint density at radius 2 is 1.62 bits per heavy atom. The third-order valence-electron chi connectivity index (χ3n) is 4.73. The molecule has 0 fully saturated rings. The molecule has 1 aliphatic carbocycles. The molecule has 3 aromatic carbocycles. The lowest BCUT2D eigenvalue weighted by Gasteiger charge is -2.17. The molecule has 0 heterocycles. The van der Waals surface area contributed by atoms with Crippen LogP contribution in [-0.2, 0) is 16.0 Å². The van der Waals surface area contributed by atoms with Crippen molar-refractivity contribution in [2.24, 2.45) is 0 Å². The second-order valence-electron chi connectivity index (χ2n) is 6.40. The van der Waals surface area contributed by atoms with E-state index in [1.165, 1.54) is 0 Å². The molecular weight excluding hydrogens is 328 g/mol. The van der Waals surface area contributed by atoms with Crippen LogP contribution in [0.3, 0.4) is 0 Å². The van der Waals surface area contributed by atoms with Crippen molar-refractivity contribution in [1.29, 1.82) is 0 Å². The first kappa shape index (κ1) is 16.3. The van der Waals surface area contributed by atoms with Crippen LogP contribution in [0.25, 0.3) is 10.8 Å². The van der Waals surface area contributed by atoms with E-state index in [9.17, 15) is 14.7 Å². The number of amides is 2. The van der Waals surface area contributed by atoms with Gasteiger partial charge in [-0.25, -0.2) is 0 Å². The van der Waals surface area contributed by atoms with Gasteiger partial charge in [-0.15, -0.1) is 0 Å². The number of fused-ring (bicyclic) bond motifs is 2. The highest BCUT2D eigenvalue weighted by atomic mass is 16.3. The molecular formula is C21H18N2O3. The van der Waals surface area contributed by atoms with Gasteiger partial charge in [-0.3, -0.25) is 9.59 Å². The Kier molecular flexibility index (Phi) is 4.14. The summed E-state index contributed by atoms with van der Waals surface area (Å²) in [7, 11) is 0. The highest BCUT2D eigenvalue weighted by molar-refractivity contribution is 6.40. The van der Waals surface area contributed by atoms with Crippen molar-refractivity contribution in [2.45, 2.75) is 18.6 Å². The van der Waals surface area contributed by atoms with E-state index in [4.69, 9.17) is 0 Å². The van der Waals surface area contributed by atoms with Gasteiger partial charge < -0.3 is 15.7 Å². The number of hydrogen-bond acceptors (Lipinski definition) is 3. The van der Waals surface area contributed by atoms with Crippen molar-refractivity contribution >= 4 is 28.3 Å². The molecule has 5 nitrogen and oxygen atoms in total. The Bertz CT molecular complexity index is 994. The van der Waals surface area contributed by atoms with Gasteiger partial charge in [0.1, 0.15) is 0 Å². The summed E-state index contributed by atoms with van der Waals surface area (Å²) in [6, 6.07) is 20.1. The quantitative estimate of drug-likeness (QED) is 0.624. The maximum atomic E-state index is 12.4. The standard InChI is InChI=1S/C21H18N2O3/c24-18-12-14-7-2-4-10-16(14)19(18)23-21(26)20(25)22-17-11-5-8-13-6-1-3-9-15(13)17/h1-11,18-19,24H,12H2,(H,22,25)(H,23,26)/t18-,19+/m1/s1. The fourth-order valence-corrected chi connectivity index (χ4v) is 3.47.